The van der Waals surface area contributed by atoms with Crippen molar-refractivity contribution in [2.75, 3.05) is 26.2 Å². The van der Waals surface area contributed by atoms with Gasteiger partial charge >= 0.3 is 0 Å². The normalized spacial score (nSPS) is 23.6. The molecule has 0 spiro atoms. The van der Waals surface area contributed by atoms with E-state index in [2.05, 4.69) is 34.0 Å². The minimum Gasteiger partial charge on any atom is -0.351 e. The van der Waals surface area contributed by atoms with E-state index >= 15 is 0 Å². The van der Waals surface area contributed by atoms with Crippen LogP contribution in [0.4, 0.5) is 0 Å². The number of rotatable bonds is 4. The fraction of sp³-hybridized carbons (Fsp3) is 0.667. The van der Waals surface area contributed by atoms with Crippen LogP contribution in [0.1, 0.15) is 36.3 Å². The zero-order valence-corrected chi connectivity index (χ0v) is 12.6. The number of piperidine rings is 1. The van der Waals surface area contributed by atoms with Crippen LogP contribution >= 0.6 is 0 Å². The molecule has 1 aliphatic rings. The van der Waals surface area contributed by atoms with Gasteiger partial charge in [-0.05, 0) is 25.2 Å². The molecule has 0 radical (unpaired) electrons. The SMILES string of the molecule is Cc1ncncc1C(=O)NCCN1C[C@H](C)C[C@H](C)C1. The number of carbonyl (C=O) groups excluding carboxylic acids is 1. The minimum atomic E-state index is -0.0822. The van der Waals surface area contributed by atoms with Gasteiger partial charge in [-0.15, -0.1) is 0 Å². The van der Waals surface area contributed by atoms with Crippen LogP contribution in [0.5, 0.6) is 0 Å². The largest absolute Gasteiger partial charge is 0.351 e. The molecular formula is C15H24N4O. The highest BCUT2D eigenvalue weighted by Gasteiger charge is 2.21. The van der Waals surface area contributed by atoms with E-state index in [0.717, 1.165) is 37.2 Å². The molecule has 1 N–H and O–H groups in total. The Labute approximate surface area is 120 Å². The van der Waals surface area contributed by atoms with E-state index in [9.17, 15) is 4.79 Å². The molecule has 0 unspecified atom stereocenters. The van der Waals surface area contributed by atoms with Gasteiger partial charge in [0.05, 0.1) is 11.3 Å². The van der Waals surface area contributed by atoms with Crippen molar-refractivity contribution in [3.8, 4) is 0 Å². The zero-order valence-electron chi connectivity index (χ0n) is 12.6. The second kappa shape index (κ2) is 6.79. The summed E-state index contributed by atoms with van der Waals surface area (Å²) in [5.74, 6) is 1.42. The second-order valence-corrected chi connectivity index (χ2v) is 5.98. The number of carbonyl (C=O) groups is 1. The molecule has 1 amide bonds. The van der Waals surface area contributed by atoms with Crippen LogP contribution in [0.25, 0.3) is 0 Å². The van der Waals surface area contributed by atoms with Gasteiger partial charge in [0.25, 0.3) is 5.91 Å². The molecule has 5 heteroatoms. The van der Waals surface area contributed by atoms with Crippen LogP contribution in [0.2, 0.25) is 0 Å². The third-order valence-electron chi connectivity index (χ3n) is 3.81. The van der Waals surface area contributed by atoms with Crippen molar-refractivity contribution in [2.24, 2.45) is 11.8 Å². The summed E-state index contributed by atoms with van der Waals surface area (Å²) in [6.07, 6.45) is 4.34. The lowest BCUT2D eigenvalue weighted by molar-refractivity contribution is 0.0935. The Balaban J connectivity index is 1.78. The number of likely N-dealkylation sites (tertiary alicyclic amines) is 1. The van der Waals surface area contributed by atoms with Gasteiger partial charge in [-0.3, -0.25) is 4.79 Å². The van der Waals surface area contributed by atoms with E-state index in [-0.39, 0.29) is 5.91 Å². The third-order valence-corrected chi connectivity index (χ3v) is 3.81. The van der Waals surface area contributed by atoms with Gasteiger partial charge in [-0.1, -0.05) is 13.8 Å². The van der Waals surface area contributed by atoms with Crippen molar-refractivity contribution >= 4 is 5.91 Å². The summed E-state index contributed by atoms with van der Waals surface area (Å²) in [5.41, 5.74) is 1.28. The molecule has 0 aromatic carbocycles. The molecule has 0 aliphatic carbocycles. The highest BCUT2D eigenvalue weighted by molar-refractivity contribution is 5.94. The maximum Gasteiger partial charge on any atom is 0.254 e. The van der Waals surface area contributed by atoms with Gasteiger partial charge < -0.3 is 10.2 Å². The second-order valence-electron chi connectivity index (χ2n) is 5.98. The number of hydrogen-bond acceptors (Lipinski definition) is 4. The Morgan fingerprint density at radius 1 is 1.40 bits per heavy atom. The Kier molecular flexibility index (Phi) is 5.06. The van der Waals surface area contributed by atoms with Crippen molar-refractivity contribution < 1.29 is 4.79 Å². The summed E-state index contributed by atoms with van der Waals surface area (Å²) >= 11 is 0. The lowest BCUT2D eigenvalue weighted by Gasteiger charge is -2.34. The molecule has 5 nitrogen and oxygen atoms in total. The van der Waals surface area contributed by atoms with Crippen molar-refractivity contribution in [2.45, 2.75) is 27.2 Å². The molecule has 0 saturated carbocycles. The van der Waals surface area contributed by atoms with Crippen molar-refractivity contribution in [3.05, 3.63) is 23.8 Å². The Hall–Kier alpha value is -1.49. The van der Waals surface area contributed by atoms with Gasteiger partial charge in [0.1, 0.15) is 6.33 Å². The van der Waals surface area contributed by atoms with Crippen molar-refractivity contribution in [1.29, 1.82) is 0 Å². The molecule has 2 atom stereocenters. The van der Waals surface area contributed by atoms with Crippen LogP contribution in [0.15, 0.2) is 12.5 Å². The molecule has 110 valence electrons. The average molecular weight is 276 g/mol. The predicted octanol–water partition coefficient (Wildman–Crippen LogP) is 1.49. The highest BCUT2D eigenvalue weighted by Crippen LogP contribution is 2.20. The van der Waals surface area contributed by atoms with Gasteiger partial charge in [0.15, 0.2) is 0 Å². The highest BCUT2D eigenvalue weighted by atomic mass is 16.1. The lowest BCUT2D eigenvalue weighted by Crippen LogP contribution is -2.43. The van der Waals surface area contributed by atoms with Gasteiger partial charge in [0.2, 0.25) is 0 Å². The van der Waals surface area contributed by atoms with E-state index in [1.54, 1.807) is 6.20 Å². The van der Waals surface area contributed by atoms with Crippen LogP contribution in [-0.4, -0.2) is 47.0 Å². The number of hydrogen-bond donors (Lipinski definition) is 1. The first-order valence-corrected chi connectivity index (χ1v) is 7.33. The van der Waals surface area contributed by atoms with Crippen LogP contribution in [0.3, 0.4) is 0 Å². The summed E-state index contributed by atoms with van der Waals surface area (Å²) in [4.78, 5) is 22.4. The monoisotopic (exact) mass is 276 g/mol. The fourth-order valence-corrected chi connectivity index (χ4v) is 3.01. The average Bonchev–Trinajstić information content (AvgIpc) is 2.38. The van der Waals surface area contributed by atoms with Crippen LogP contribution in [-0.2, 0) is 0 Å². The first-order chi connectivity index (χ1) is 9.56. The van der Waals surface area contributed by atoms with E-state index < -0.39 is 0 Å². The molecule has 20 heavy (non-hydrogen) atoms. The van der Waals surface area contributed by atoms with Crippen LogP contribution < -0.4 is 5.32 Å². The first kappa shape index (κ1) is 14.9. The summed E-state index contributed by atoms with van der Waals surface area (Å²) < 4.78 is 0. The van der Waals surface area contributed by atoms with Gasteiger partial charge in [-0.2, -0.15) is 0 Å². The third kappa shape index (κ3) is 4.00. The van der Waals surface area contributed by atoms with E-state index in [1.807, 2.05) is 6.92 Å². The molecule has 1 aliphatic heterocycles. The predicted molar refractivity (Wildman–Crippen MR) is 78.5 cm³/mol. The minimum absolute atomic E-state index is 0.0822. The van der Waals surface area contributed by atoms with Crippen LogP contribution in [0, 0.1) is 18.8 Å². The molecule has 1 aromatic heterocycles. The quantitative estimate of drug-likeness (QED) is 0.905. The Bertz CT molecular complexity index is 453. The van der Waals surface area contributed by atoms with Gasteiger partial charge in [-0.25, -0.2) is 9.97 Å². The molecule has 2 heterocycles. The maximum absolute atomic E-state index is 12.0. The van der Waals surface area contributed by atoms with E-state index in [4.69, 9.17) is 0 Å². The number of aryl methyl sites for hydroxylation is 1. The summed E-state index contributed by atoms with van der Waals surface area (Å²) in [7, 11) is 0. The molecule has 1 saturated heterocycles. The smallest absolute Gasteiger partial charge is 0.254 e. The summed E-state index contributed by atoms with van der Waals surface area (Å²) in [5, 5.41) is 2.96. The topological polar surface area (TPSA) is 58.1 Å². The van der Waals surface area contributed by atoms with E-state index in [1.165, 1.54) is 12.7 Å². The molecule has 0 bridgehead atoms. The van der Waals surface area contributed by atoms with Crippen molar-refractivity contribution in [1.82, 2.24) is 20.2 Å². The number of nitrogens with one attached hydrogen (secondary N) is 1. The molecule has 1 fully saturated rings. The molecular weight excluding hydrogens is 252 g/mol. The van der Waals surface area contributed by atoms with Crippen molar-refractivity contribution in [3.63, 3.8) is 0 Å². The lowest BCUT2D eigenvalue weighted by atomic mass is 9.92. The molecule has 2 rings (SSSR count). The maximum atomic E-state index is 12.0. The Morgan fingerprint density at radius 2 is 2.10 bits per heavy atom. The zero-order chi connectivity index (χ0) is 14.5. The summed E-state index contributed by atoms with van der Waals surface area (Å²) in [6.45, 7) is 10.3. The standard InChI is InChI=1S/C15H24N4O/c1-11-6-12(2)9-19(8-11)5-4-17-15(20)14-7-16-10-18-13(14)3/h7,10-12H,4-6,8-9H2,1-3H3,(H,17,20)/t11-,12+. The van der Waals surface area contributed by atoms with E-state index in [0.29, 0.717) is 12.1 Å². The fourth-order valence-electron chi connectivity index (χ4n) is 3.01. The Morgan fingerprint density at radius 3 is 2.75 bits per heavy atom. The number of aromatic nitrogens is 2. The summed E-state index contributed by atoms with van der Waals surface area (Å²) in [6, 6.07) is 0. The number of amides is 1. The molecule has 1 aromatic rings. The van der Waals surface area contributed by atoms with Gasteiger partial charge in [0, 0.05) is 32.4 Å². The number of nitrogens with zero attached hydrogens (tertiary/aromatic N) is 3. The first-order valence-electron chi connectivity index (χ1n) is 7.33.